The van der Waals surface area contributed by atoms with Crippen LogP contribution in [0.4, 0.5) is 0 Å². The summed E-state index contributed by atoms with van der Waals surface area (Å²) in [4.78, 5) is 2.46. The molecule has 0 aliphatic carbocycles. The molecule has 0 aromatic rings. The van der Waals surface area contributed by atoms with E-state index in [0.29, 0.717) is 11.8 Å². The summed E-state index contributed by atoms with van der Waals surface area (Å²) < 4.78 is 0. The predicted octanol–water partition coefficient (Wildman–Crippen LogP) is 4.45. The topological polar surface area (TPSA) is 0 Å². The largest absolute Gasteiger partial charge is 0.1000 e. The molecule has 0 heterocycles. The second-order valence-corrected chi connectivity index (χ2v) is 5.17. The van der Waals surface area contributed by atoms with E-state index < -0.39 is 0 Å². The minimum absolute atomic E-state index is 0.555. The zero-order valence-corrected chi connectivity index (χ0v) is 9.50. The summed E-state index contributed by atoms with van der Waals surface area (Å²) in [5, 5.41) is 0. The van der Waals surface area contributed by atoms with Crippen LogP contribution in [-0.2, 0) is 0 Å². The number of hydrogen-bond acceptors (Lipinski definition) is 1. The number of thioether (sulfide) groups is 1. The van der Waals surface area contributed by atoms with Gasteiger partial charge in [0.2, 0.25) is 0 Å². The second-order valence-electron chi connectivity index (χ2n) is 3.86. The maximum atomic E-state index is 4.02. The molecule has 0 N–H and O–H groups in total. The molecule has 0 aliphatic heterocycles. The van der Waals surface area contributed by atoms with Crippen LogP contribution in [0.25, 0.3) is 0 Å². The number of allylic oxidation sites excluding steroid dienone is 2. The van der Waals surface area contributed by atoms with Crippen molar-refractivity contribution in [2.24, 2.45) is 11.8 Å². The third kappa shape index (κ3) is 5.48. The van der Waals surface area contributed by atoms with Crippen LogP contribution in [0.2, 0.25) is 0 Å². The molecule has 70 valence electrons. The van der Waals surface area contributed by atoms with Crippen LogP contribution in [0.5, 0.6) is 0 Å². The van der Waals surface area contributed by atoms with Crippen LogP contribution in [0.3, 0.4) is 0 Å². The van der Waals surface area contributed by atoms with Gasteiger partial charge in [-0.05, 0) is 28.1 Å². The van der Waals surface area contributed by atoms with Gasteiger partial charge in [0.1, 0.15) is 0 Å². The minimum atomic E-state index is 0.555. The van der Waals surface area contributed by atoms with E-state index in [1.54, 1.807) is 11.8 Å². The Labute approximate surface area is 81.1 Å². The zero-order chi connectivity index (χ0) is 9.72. The lowest BCUT2D eigenvalue weighted by atomic mass is 10.1. The van der Waals surface area contributed by atoms with E-state index in [2.05, 4.69) is 40.9 Å². The lowest BCUT2D eigenvalue weighted by Gasteiger charge is -2.12. The van der Waals surface area contributed by atoms with Crippen molar-refractivity contribution < 1.29 is 0 Å². The summed E-state index contributed by atoms with van der Waals surface area (Å²) in [6, 6.07) is 0. The fourth-order valence-electron chi connectivity index (χ4n) is 0.800. The molecular weight excluding hydrogens is 164 g/mol. The van der Waals surface area contributed by atoms with Crippen molar-refractivity contribution in [1.82, 2.24) is 0 Å². The van der Waals surface area contributed by atoms with E-state index >= 15 is 0 Å². The number of hydrogen-bond donors (Lipinski definition) is 0. The maximum absolute atomic E-state index is 4.02. The monoisotopic (exact) mass is 184 g/mol. The lowest BCUT2D eigenvalue weighted by molar-refractivity contribution is 0.659. The van der Waals surface area contributed by atoms with E-state index in [9.17, 15) is 0 Å². The van der Waals surface area contributed by atoms with Gasteiger partial charge in [-0.2, -0.15) is 0 Å². The van der Waals surface area contributed by atoms with Crippen molar-refractivity contribution in [3.8, 4) is 0 Å². The van der Waals surface area contributed by atoms with E-state index in [1.165, 1.54) is 9.81 Å². The van der Waals surface area contributed by atoms with Gasteiger partial charge in [0.05, 0.1) is 0 Å². The molecule has 0 spiro atoms. The molecule has 0 saturated carbocycles. The molecule has 0 saturated heterocycles. The summed E-state index contributed by atoms with van der Waals surface area (Å²) in [5.41, 5.74) is 0. The highest BCUT2D eigenvalue weighted by atomic mass is 32.2. The molecule has 0 atom stereocenters. The minimum Gasteiger partial charge on any atom is -0.1000 e. The molecule has 0 bridgehead atoms. The first-order valence-corrected chi connectivity index (χ1v) is 5.29. The van der Waals surface area contributed by atoms with E-state index in [-0.39, 0.29) is 0 Å². The molecule has 0 rings (SSSR count). The normalized spacial score (nSPS) is 10.8. The molecular formula is C11H20S. The molecule has 0 fully saturated rings. The maximum Gasteiger partial charge on any atom is -0.0152 e. The Morgan fingerprint density at radius 2 is 1.67 bits per heavy atom. The second kappa shape index (κ2) is 5.47. The van der Waals surface area contributed by atoms with E-state index in [0.717, 1.165) is 6.42 Å². The summed E-state index contributed by atoms with van der Waals surface area (Å²) in [7, 11) is 0. The van der Waals surface area contributed by atoms with Crippen molar-refractivity contribution in [1.29, 1.82) is 0 Å². The summed E-state index contributed by atoms with van der Waals surface area (Å²) in [6.45, 7) is 16.8. The molecule has 0 radical (unpaired) electrons. The van der Waals surface area contributed by atoms with Crippen molar-refractivity contribution in [3.63, 3.8) is 0 Å². The third-order valence-corrected chi connectivity index (χ3v) is 2.74. The first-order valence-electron chi connectivity index (χ1n) is 4.48. The highest BCUT2D eigenvalue weighted by Crippen LogP contribution is 2.31. The van der Waals surface area contributed by atoms with Crippen LogP contribution in [0.1, 0.15) is 34.1 Å². The smallest absolute Gasteiger partial charge is 0.0152 e. The van der Waals surface area contributed by atoms with Crippen LogP contribution in [0.15, 0.2) is 23.0 Å². The van der Waals surface area contributed by atoms with E-state index in [1.807, 2.05) is 0 Å². The van der Waals surface area contributed by atoms with Crippen molar-refractivity contribution in [2.45, 2.75) is 34.1 Å². The molecule has 0 amide bonds. The van der Waals surface area contributed by atoms with Gasteiger partial charge in [-0.1, -0.05) is 52.6 Å². The first-order chi connectivity index (χ1) is 5.43. The van der Waals surface area contributed by atoms with Gasteiger partial charge in [0.25, 0.3) is 0 Å². The van der Waals surface area contributed by atoms with Gasteiger partial charge in [0, 0.05) is 0 Å². The molecule has 1 heteroatoms. The Bertz CT molecular complexity index is 166. The molecule has 0 aromatic carbocycles. The van der Waals surface area contributed by atoms with Gasteiger partial charge in [-0.3, -0.25) is 0 Å². The summed E-state index contributed by atoms with van der Waals surface area (Å²) >= 11 is 1.75. The van der Waals surface area contributed by atoms with E-state index in [4.69, 9.17) is 0 Å². The average molecular weight is 184 g/mol. The third-order valence-electron chi connectivity index (χ3n) is 1.56. The van der Waals surface area contributed by atoms with Gasteiger partial charge in [-0.15, -0.1) is 0 Å². The summed E-state index contributed by atoms with van der Waals surface area (Å²) in [6.07, 6.45) is 1.09. The Hall–Kier alpha value is -0.170. The van der Waals surface area contributed by atoms with Crippen molar-refractivity contribution in [3.05, 3.63) is 23.0 Å². The highest BCUT2D eigenvalue weighted by molar-refractivity contribution is 8.06. The Morgan fingerprint density at radius 1 is 1.17 bits per heavy atom. The van der Waals surface area contributed by atoms with Gasteiger partial charge < -0.3 is 0 Å². The Balaban J connectivity index is 3.77. The first kappa shape index (κ1) is 11.8. The van der Waals surface area contributed by atoms with Crippen LogP contribution < -0.4 is 0 Å². The highest BCUT2D eigenvalue weighted by Gasteiger charge is 2.04. The van der Waals surface area contributed by atoms with Crippen LogP contribution in [0, 0.1) is 11.8 Å². The molecule has 0 unspecified atom stereocenters. The average Bonchev–Trinajstić information content (AvgIpc) is 1.84. The molecule has 0 nitrogen and oxygen atoms in total. The lowest BCUT2D eigenvalue weighted by Crippen LogP contribution is -1.91. The quantitative estimate of drug-likeness (QED) is 0.608. The SMILES string of the molecule is C=C(CC(C)C)SC(=C)C(C)C. The Kier molecular flexibility index (Phi) is 5.39. The van der Waals surface area contributed by atoms with Crippen molar-refractivity contribution in [2.75, 3.05) is 0 Å². The Morgan fingerprint density at radius 3 is 2.00 bits per heavy atom. The molecule has 12 heavy (non-hydrogen) atoms. The van der Waals surface area contributed by atoms with Gasteiger partial charge >= 0.3 is 0 Å². The zero-order valence-electron chi connectivity index (χ0n) is 8.68. The predicted molar refractivity (Wildman–Crippen MR) is 60.2 cm³/mol. The fourth-order valence-corrected chi connectivity index (χ4v) is 1.82. The van der Waals surface area contributed by atoms with Crippen molar-refractivity contribution >= 4 is 11.8 Å². The fraction of sp³-hybridized carbons (Fsp3) is 0.636. The van der Waals surface area contributed by atoms with Crippen LogP contribution >= 0.6 is 11.8 Å². The standard InChI is InChI=1S/C11H20S/c1-8(2)7-10(5)12-11(6)9(3)4/h8-9H,5-7H2,1-4H3. The molecule has 0 aliphatic rings. The van der Waals surface area contributed by atoms with Gasteiger partial charge in [-0.25, -0.2) is 0 Å². The van der Waals surface area contributed by atoms with Gasteiger partial charge in [0.15, 0.2) is 0 Å². The summed E-state index contributed by atoms with van der Waals surface area (Å²) in [5.74, 6) is 1.25. The number of rotatable bonds is 5. The molecule has 0 aromatic heterocycles. The van der Waals surface area contributed by atoms with Crippen LogP contribution in [-0.4, -0.2) is 0 Å².